The first-order valence-corrected chi connectivity index (χ1v) is 8.16. The van der Waals surface area contributed by atoms with Crippen molar-refractivity contribution >= 4 is 11.4 Å². The molecule has 5 heteroatoms. The molecule has 0 aromatic heterocycles. The number of anilines is 2. The maximum absolute atomic E-state index is 13.0. The second-order valence-corrected chi connectivity index (χ2v) is 6.56. The summed E-state index contributed by atoms with van der Waals surface area (Å²) in [5.41, 5.74) is 1.20. The fourth-order valence-electron chi connectivity index (χ4n) is 3.43. The molecule has 0 atom stereocenters. The number of alkyl halides is 3. The van der Waals surface area contributed by atoms with Crippen LogP contribution in [0.4, 0.5) is 24.5 Å². The number of hydrogen-bond acceptors (Lipinski definition) is 2. The molecule has 2 nitrogen and oxygen atoms in total. The molecular weight excluding hydrogens is 289 g/mol. The van der Waals surface area contributed by atoms with Crippen LogP contribution in [0.5, 0.6) is 0 Å². The molecule has 2 aliphatic heterocycles. The van der Waals surface area contributed by atoms with E-state index in [0.29, 0.717) is 5.92 Å². The predicted molar refractivity (Wildman–Crippen MR) is 83.5 cm³/mol. The normalized spacial score (nSPS) is 20.7. The molecule has 122 valence electrons. The Labute approximate surface area is 129 Å². The highest BCUT2D eigenvalue weighted by Gasteiger charge is 2.32. The Morgan fingerprint density at radius 3 is 2.09 bits per heavy atom. The van der Waals surface area contributed by atoms with E-state index in [9.17, 15) is 13.2 Å². The van der Waals surface area contributed by atoms with Crippen molar-refractivity contribution in [1.82, 2.24) is 0 Å². The highest BCUT2D eigenvalue weighted by Crippen LogP contribution is 2.39. The smallest absolute Gasteiger partial charge is 0.370 e. The van der Waals surface area contributed by atoms with Crippen LogP contribution in [0, 0.1) is 5.92 Å². The monoisotopic (exact) mass is 312 g/mol. The van der Waals surface area contributed by atoms with Gasteiger partial charge in [0.1, 0.15) is 0 Å². The number of halogens is 3. The zero-order valence-electron chi connectivity index (χ0n) is 13.0. The first-order chi connectivity index (χ1) is 10.4. The quantitative estimate of drug-likeness (QED) is 0.791. The van der Waals surface area contributed by atoms with Gasteiger partial charge in [-0.2, -0.15) is 13.2 Å². The van der Waals surface area contributed by atoms with E-state index >= 15 is 0 Å². The van der Waals surface area contributed by atoms with Crippen LogP contribution < -0.4 is 9.80 Å². The van der Waals surface area contributed by atoms with Crippen LogP contribution in [-0.4, -0.2) is 26.2 Å². The number of hydrogen-bond donors (Lipinski definition) is 0. The van der Waals surface area contributed by atoms with Crippen molar-refractivity contribution in [2.75, 3.05) is 36.0 Å². The third-order valence-corrected chi connectivity index (χ3v) is 4.87. The zero-order valence-corrected chi connectivity index (χ0v) is 13.0. The molecule has 0 spiro atoms. The Balaban J connectivity index is 1.94. The van der Waals surface area contributed by atoms with Crippen molar-refractivity contribution < 1.29 is 13.2 Å². The summed E-state index contributed by atoms with van der Waals surface area (Å²) in [4.78, 5) is 4.37. The molecule has 2 saturated heterocycles. The van der Waals surface area contributed by atoms with Gasteiger partial charge >= 0.3 is 6.18 Å². The average molecular weight is 312 g/mol. The summed E-state index contributed by atoms with van der Waals surface area (Å²) in [7, 11) is 0. The molecule has 2 aliphatic rings. The van der Waals surface area contributed by atoms with Crippen LogP contribution in [0.25, 0.3) is 0 Å². The van der Waals surface area contributed by atoms with Gasteiger partial charge in [0.25, 0.3) is 0 Å². The summed E-state index contributed by atoms with van der Waals surface area (Å²) in [5.74, 6) is 0.709. The van der Waals surface area contributed by atoms with Gasteiger partial charge in [0.15, 0.2) is 0 Å². The van der Waals surface area contributed by atoms with Gasteiger partial charge in [0, 0.05) is 26.2 Å². The molecular formula is C17H23F3N2. The lowest BCUT2D eigenvalue weighted by molar-refractivity contribution is -0.137. The van der Waals surface area contributed by atoms with Crippen LogP contribution in [0.1, 0.15) is 38.2 Å². The summed E-state index contributed by atoms with van der Waals surface area (Å²) < 4.78 is 39.1. The van der Waals surface area contributed by atoms with E-state index in [2.05, 4.69) is 16.7 Å². The third-order valence-electron chi connectivity index (χ3n) is 4.87. The fraction of sp³-hybridized carbons (Fsp3) is 0.647. The Kier molecular flexibility index (Phi) is 4.24. The molecule has 0 radical (unpaired) electrons. The molecule has 1 aromatic carbocycles. The second-order valence-electron chi connectivity index (χ2n) is 6.56. The molecule has 2 heterocycles. The summed E-state index contributed by atoms with van der Waals surface area (Å²) in [6.45, 7) is 5.84. The summed E-state index contributed by atoms with van der Waals surface area (Å²) in [6, 6.07) is 4.25. The van der Waals surface area contributed by atoms with Crippen LogP contribution in [0.2, 0.25) is 0 Å². The Bertz CT molecular complexity index is 513. The van der Waals surface area contributed by atoms with E-state index in [4.69, 9.17) is 0 Å². The highest BCUT2D eigenvalue weighted by molar-refractivity contribution is 5.73. The molecule has 0 amide bonds. The minimum atomic E-state index is -4.27. The van der Waals surface area contributed by atoms with E-state index in [-0.39, 0.29) is 0 Å². The van der Waals surface area contributed by atoms with Gasteiger partial charge in [-0.05, 0) is 49.8 Å². The molecule has 0 aliphatic carbocycles. The van der Waals surface area contributed by atoms with Gasteiger partial charge in [0.2, 0.25) is 0 Å². The topological polar surface area (TPSA) is 6.48 Å². The van der Waals surface area contributed by atoms with Crippen molar-refractivity contribution in [2.24, 2.45) is 5.92 Å². The van der Waals surface area contributed by atoms with Crippen molar-refractivity contribution in [1.29, 1.82) is 0 Å². The summed E-state index contributed by atoms with van der Waals surface area (Å²) >= 11 is 0. The second kappa shape index (κ2) is 6.01. The molecule has 0 saturated carbocycles. The maximum Gasteiger partial charge on any atom is 0.416 e. The Morgan fingerprint density at radius 2 is 1.50 bits per heavy atom. The van der Waals surface area contributed by atoms with Crippen molar-refractivity contribution in [3.05, 3.63) is 23.8 Å². The number of benzene rings is 1. The molecule has 2 fully saturated rings. The first-order valence-electron chi connectivity index (χ1n) is 8.16. The van der Waals surface area contributed by atoms with E-state index in [1.54, 1.807) is 6.07 Å². The van der Waals surface area contributed by atoms with E-state index in [1.807, 2.05) is 0 Å². The minimum Gasteiger partial charge on any atom is -0.370 e. The van der Waals surface area contributed by atoms with E-state index < -0.39 is 11.7 Å². The Hall–Kier alpha value is -1.39. The summed E-state index contributed by atoms with van der Waals surface area (Å²) in [5, 5.41) is 0. The number of piperidine rings is 1. The zero-order chi connectivity index (χ0) is 15.7. The lowest BCUT2D eigenvalue weighted by Gasteiger charge is -2.35. The molecule has 0 N–H and O–H groups in total. The van der Waals surface area contributed by atoms with Crippen LogP contribution >= 0.6 is 0 Å². The van der Waals surface area contributed by atoms with Gasteiger partial charge < -0.3 is 9.80 Å². The van der Waals surface area contributed by atoms with Crippen LogP contribution in [0.15, 0.2) is 18.2 Å². The lowest BCUT2D eigenvalue weighted by Crippen LogP contribution is -2.34. The minimum absolute atomic E-state index is 0.538. The van der Waals surface area contributed by atoms with Gasteiger partial charge in [-0.15, -0.1) is 0 Å². The van der Waals surface area contributed by atoms with Crippen LogP contribution in [-0.2, 0) is 6.18 Å². The summed E-state index contributed by atoms with van der Waals surface area (Å²) in [6.07, 6.45) is 0.0732. The van der Waals surface area contributed by atoms with Gasteiger partial charge in [-0.1, -0.05) is 6.92 Å². The average Bonchev–Trinajstić information content (AvgIpc) is 3.01. The van der Waals surface area contributed by atoms with Crippen molar-refractivity contribution in [2.45, 2.75) is 38.8 Å². The molecule has 0 unspecified atom stereocenters. The van der Waals surface area contributed by atoms with Gasteiger partial charge in [-0.25, -0.2) is 0 Å². The molecule has 3 rings (SSSR count). The van der Waals surface area contributed by atoms with E-state index in [1.165, 1.54) is 12.1 Å². The third kappa shape index (κ3) is 3.18. The van der Waals surface area contributed by atoms with Gasteiger partial charge in [0.05, 0.1) is 16.9 Å². The first kappa shape index (κ1) is 15.5. The van der Waals surface area contributed by atoms with Crippen molar-refractivity contribution in [3.8, 4) is 0 Å². The molecule has 0 bridgehead atoms. The molecule has 1 aromatic rings. The SMILES string of the molecule is CC1CCN(c2ccc(C(F)(F)F)cc2N2CCCC2)CC1. The standard InChI is InChI=1S/C17H23F3N2/c1-13-6-10-22(11-7-13)15-5-4-14(17(18,19)20)12-16(15)21-8-2-3-9-21/h4-5,12-13H,2-3,6-11H2,1H3. The maximum atomic E-state index is 13.0. The largest absolute Gasteiger partial charge is 0.416 e. The van der Waals surface area contributed by atoms with Crippen LogP contribution in [0.3, 0.4) is 0 Å². The molecule has 22 heavy (non-hydrogen) atoms. The number of nitrogens with zero attached hydrogens (tertiary/aromatic N) is 2. The number of rotatable bonds is 2. The highest BCUT2D eigenvalue weighted by atomic mass is 19.4. The predicted octanol–water partition coefficient (Wildman–Crippen LogP) is 4.54. The lowest BCUT2D eigenvalue weighted by atomic mass is 9.98. The Morgan fingerprint density at radius 1 is 0.909 bits per heavy atom. The van der Waals surface area contributed by atoms with Crippen molar-refractivity contribution in [3.63, 3.8) is 0 Å². The van der Waals surface area contributed by atoms with E-state index in [0.717, 1.165) is 63.2 Å². The van der Waals surface area contributed by atoms with Gasteiger partial charge in [-0.3, -0.25) is 0 Å². The fourth-order valence-corrected chi connectivity index (χ4v) is 3.43.